The molecule has 0 unspecified atom stereocenters. The van der Waals surface area contributed by atoms with Gasteiger partial charge in [-0.15, -0.1) is 23.8 Å². The maximum absolute atomic E-state index is 12.3. The first kappa shape index (κ1) is 19.0. The van der Waals surface area contributed by atoms with Gasteiger partial charge in [0, 0.05) is 16.7 Å². The Morgan fingerprint density at radius 2 is 1.78 bits per heavy atom. The number of carbonyl (C=O) groups is 1. The number of anilines is 1. The fourth-order valence-electron chi connectivity index (χ4n) is 2.45. The van der Waals surface area contributed by atoms with Crippen molar-refractivity contribution in [3.63, 3.8) is 0 Å². The Labute approximate surface area is 154 Å². The van der Waals surface area contributed by atoms with E-state index in [2.05, 4.69) is 16.6 Å². The van der Waals surface area contributed by atoms with Gasteiger partial charge in [0.05, 0.1) is 4.90 Å². The summed E-state index contributed by atoms with van der Waals surface area (Å²) in [5, 5.41) is 3.87. The summed E-state index contributed by atoms with van der Waals surface area (Å²) in [7, 11) is -3.02. The number of fused-ring (bicyclic) bond motifs is 1. The van der Waals surface area contributed by atoms with Gasteiger partial charge in [0.15, 0.2) is 0 Å². The van der Waals surface area contributed by atoms with Crippen molar-refractivity contribution < 1.29 is 31.8 Å². The zero-order valence-corrected chi connectivity index (χ0v) is 14.5. The number of hydrogen-bond donors (Lipinski definition) is 3. The van der Waals surface area contributed by atoms with Crippen molar-refractivity contribution in [2.75, 3.05) is 5.32 Å². The van der Waals surface area contributed by atoms with E-state index in [1.807, 2.05) is 0 Å². The summed E-state index contributed by atoms with van der Waals surface area (Å²) < 4.78 is 60.2. The van der Waals surface area contributed by atoms with E-state index in [1.54, 1.807) is 18.2 Å². The van der Waals surface area contributed by atoms with E-state index in [-0.39, 0.29) is 5.57 Å². The predicted octanol–water partition coefficient (Wildman–Crippen LogP) is 5.33. The SMILES string of the molecule is C=C(C(=O)Nc1ccc2c(c1)S(O)(O)C=C2)c1ccc(OC(F)(F)F)cc1. The third kappa shape index (κ3) is 4.33. The highest BCUT2D eigenvalue weighted by Crippen LogP contribution is 2.56. The lowest BCUT2D eigenvalue weighted by molar-refractivity contribution is -0.274. The van der Waals surface area contributed by atoms with Crippen molar-refractivity contribution >= 4 is 33.8 Å². The Hall–Kier alpha value is -2.75. The largest absolute Gasteiger partial charge is 0.573 e. The molecule has 5 nitrogen and oxygen atoms in total. The van der Waals surface area contributed by atoms with Crippen LogP contribution >= 0.6 is 10.6 Å². The maximum Gasteiger partial charge on any atom is 0.573 e. The van der Waals surface area contributed by atoms with E-state index in [0.717, 1.165) is 12.1 Å². The standard InChI is InChI=1S/C18H14F3NO4S/c1-11(12-3-6-15(7-4-12)26-18(19,20)21)17(23)22-14-5-2-13-8-9-27(24,25)16(13)10-14/h2-10,24-25H,1H2,(H,22,23). The van der Waals surface area contributed by atoms with Crippen molar-refractivity contribution in [3.05, 3.63) is 65.6 Å². The zero-order chi connectivity index (χ0) is 19.8. The summed E-state index contributed by atoms with van der Waals surface area (Å²) >= 11 is 0. The first-order valence-electron chi connectivity index (χ1n) is 7.52. The predicted molar refractivity (Wildman–Crippen MR) is 97.4 cm³/mol. The Bertz CT molecular complexity index is 937. The van der Waals surface area contributed by atoms with Crippen LogP contribution in [0.15, 0.2) is 59.3 Å². The number of rotatable bonds is 4. The van der Waals surface area contributed by atoms with Gasteiger partial charge in [-0.05, 0) is 41.5 Å². The molecule has 0 atom stereocenters. The summed E-state index contributed by atoms with van der Waals surface area (Å²) in [5.41, 5.74) is 1.32. The molecule has 3 N–H and O–H groups in total. The average molecular weight is 397 g/mol. The lowest BCUT2D eigenvalue weighted by Crippen LogP contribution is -2.17. The first-order valence-corrected chi connectivity index (χ1v) is 9.13. The number of halogens is 3. The first-order chi connectivity index (χ1) is 12.5. The molecule has 142 valence electrons. The van der Waals surface area contributed by atoms with Crippen LogP contribution < -0.4 is 10.1 Å². The molecule has 0 saturated heterocycles. The number of hydrogen-bond acceptors (Lipinski definition) is 4. The molecular weight excluding hydrogens is 383 g/mol. The number of nitrogens with one attached hydrogen (secondary N) is 1. The smallest absolute Gasteiger partial charge is 0.406 e. The minimum absolute atomic E-state index is 0.0267. The van der Waals surface area contributed by atoms with Crippen molar-refractivity contribution in [2.24, 2.45) is 0 Å². The molecule has 0 radical (unpaired) electrons. The molecule has 9 heteroatoms. The molecule has 1 heterocycles. The highest BCUT2D eigenvalue weighted by atomic mass is 32.3. The quantitative estimate of drug-likeness (QED) is 0.609. The third-order valence-electron chi connectivity index (χ3n) is 3.74. The number of ether oxygens (including phenoxy) is 1. The number of amides is 1. The van der Waals surface area contributed by atoms with Crippen LogP contribution in [0.5, 0.6) is 5.75 Å². The van der Waals surface area contributed by atoms with E-state index in [4.69, 9.17) is 0 Å². The van der Waals surface area contributed by atoms with Gasteiger partial charge in [0.25, 0.3) is 5.91 Å². The van der Waals surface area contributed by atoms with Crippen LogP contribution in [0.3, 0.4) is 0 Å². The highest BCUT2D eigenvalue weighted by Gasteiger charge is 2.31. The van der Waals surface area contributed by atoms with Gasteiger partial charge in [-0.25, -0.2) is 0 Å². The average Bonchev–Trinajstić information content (AvgIpc) is 2.88. The molecule has 0 aliphatic carbocycles. The van der Waals surface area contributed by atoms with E-state index >= 15 is 0 Å². The van der Waals surface area contributed by atoms with Gasteiger partial charge in [-0.2, -0.15) is 0 Å². The summed E-state index contributed by atoms with van der Waals surface area (Å²) in [6, 6.07) is 9.41. The molecule has 0 spiro atoms. The second-order valence-corrected chi connectivity index (χ2v) is 7.55. The molecule has 3 rings (SSSR count). The van der Waals surface area contributed by atoms with Crippen LogP contribution in [-0.4, -0.2) is 21.4 Å². The second-order valence-electron chi connectivity index (χ2n) is 5.65. The molecular formula is C18H14F3NO4S. The van der Waals surface area contributed by atoms with Gasteiger partial charge in [-0.3, -0.25) is 13.9 Å². The molecule has 1 aliphatic rings. The van der Waals surface area contributed by atoms with Crippen molar-refractivity contribution in [2.45, 2.75) is 11.3 Å². The van der Waals surface area contributed by atoms with Crippen LogP contribution in [0.2, 0.25) is 0 Å². The van der Waals surface area contributed by atoms with E-state index in [9.17, 15) is 27.1 Å². The lowest BCUT2D eigenvalue weighted by atomic mass is 10.1. The molecule has 2 aromatic carbocycles. The van der Waals surface area contributed by atoms with E-state index in [0.29, 0.717) is 21.7 Å². The Morgan fingerprint density at radius 3 is 2.41 bits per heavy atom. The minimum Gasteiger partial charge on any atom is -0.406 e. The molecule has 0 fully saturated rings. The lowest BCUT2D eigenvalue weighted by Gasteiger charge is -2.25. The van der Waals surface area contributed by atoms with Crippen LogP contribution in [0.4, 0.5) is 18.9 Å². The van der Waals surface area contributed by atoms with Crippen molar-refractivity contribution in [1.82, 2.24) is 0 Å². The third-order valence-corrected chi connectivity index (χ3v) is 5.26. The molecule has 0 bridgehead atoms. The molecule has 1 amide bonds. The summed E-state index contributed by atoms with van der Waals surface area (Å²) in [6.07, 6.45) is -3.21. The van der Waals surface area contributed by atoms with Crippen LogP contribution in [-0.2, 0) is 4.79 Å². The van der Waals surface area contributed by atoms with Crippen LogP contribution in [0, 0.1) is 0 Å². The van der Waals surface area contributed by atoms with E-state index in [1.165, 1.54) is 23.6 Å². The fourth-order valence-corrected chi connectivity index (χ4v) is 3.71. The summed E-state index contributed by atoms with van der Waals surface area (Å²) in [4.78, 5) is 12.6. The number of benzene rings is 2. The van der Waals surface area contributed by atoms with Gasteiger partial charge in [0.2, 0.25) is 0 Å². The molecule has 27 heavy (non-hydrogen) atoms. The minimum atomic E-state index is -4.80. The van der Waals surface area contributed by atoms with Crippen LogP contribution in [0.1, 0.15) is 11.1 Å². The normalized spacial score (nSPS) is 15.7. The van der Waals surface area contributed by atoms with Gasteiger partial charge < -0.3 is 10.1 Å². The highest BCUT2D eigenvalue weighted by molar-refractivity contribution is 8.27. The molecule has 0 aromatic heterocycles. The summed E-state index contributed by atoms with van der Waals surface area (Å²) in [6.45, 7) is 3.65. The number of alkyl halides is 3. The monoisotopic (exact) mass is 397 g/mol. The van der Waals surface area contributed by atoms with Crippen molar-refractivity contribution in [3.8, 4) is 5.75 Å². The van der Waals surface area contributed by atoms with Crippen LogP contribution in [0.25, 0.3) is 11.6 Å². The van der Waals surface area contributed by atoms with Gasteiger partial charge in [-0.1, -0.05) is 24.8 Å². The van der Waals surface area contributed by atoms with E-state index < -0.39 is 28.6 Å². The number of carbonyl (C=O) groups excluding carboxylic acids is 1. The van der Waals surface area contributed by atoms with Gasteiger partial charge in [0.1, 0.15) is 5.75 Å². The zero-order valence-electron chi connectivity index (χ0n) is 13.7. The molecule has 1 aliphatic heterocycles. The molecule has 0 saturated carbocycles. The van der Waals surface area contributed by atoms with Gasteiger partial charge >= 0.3 is 6.36 Å². The topological polar surface area (TPSA) is 78.8 Å². The fraction of sp³-hybridized carbons (Fsp3) is 0.0556. The Morgan fingerprint density at radius 1 is 1.11 bits per heavy atom. The second kappa shape index (κ2) is 6.76. The van der Waals surface area contributed by atoms with Crippen molar-refractivity contribution in [1.29, 1.82) is 0 Å². The maximum atomic E-state index is 12.3. The molecule has 2 aromatic rings. The summed E-state index contributed by atoms with van der Waals surface area (Å²) in [5.74, 6) is -0.988. The Balaban J connectivity index is 1.71. The Kier molecular flexibility index (Phi) is 4.77.